The Hall–Kier alpha value is -4.04. The van der Waals surface area contributed by atoms with Gasteiger partial charge < -0.3 is 18.9 Å². The van der Waals surface area contributed by atoms with Crippen molar-refractivity contribution < 1.29 is 18.9 Å². The highest BCUT2D eigenvalue weighted by Gasteiger charge is 2.14. The van der Waals surface area contributed by atoms with Crippen molar-refractivity contribution in [3.05, 3.63) is 86.7 Å². The van der Waals surface area contributed by atoms with Crippen LogP contribution in [-0.2, 0) is 6.61 Å². The Balaban J connectivity index is 1.29. The molecule has 0 spiro atoms. The fourth-order valence-corrected chi connectivity index (χ4v) is 4.84. The molecule has 5 aromatic rings. The number of hydrogen-bond acceptors (Lipinski definition) is 7. The van der Waals surface area contributed by atoms with Crippen molar-refractivity contribution in [2.45, 2.75) is 6.61 Å². The van der Waals surface area contributed by atoms with Gasteiger partial charge in [0.1, 0.15) is 6.61 Å². The molecule has 0 fully saturated rings. The van der Waals surface area contributed by atoms with Gasteiger partial charge >= 0.3 is 0 Å². The molecule has 1 aliphatic rings. The second-order valence-corrected chi connectivity index (χ2v) is 8.53. The molecule has 0 amide bonds. The van der Waals surface area contributed by atoms with Crippen LogP contribution in [0.2, 0.25) is 0 Å². The highest BCUT2D eigenvalue weighted by molar-refractivity contribution is 7.15. The van der Waals surface area contributed by atoms with Crippen LogP contribution in [0.1, 0.15) is 11.1 Å². The first-order chi connectivity index (χ1) is 16.2. The molecule has 8 heteroatoms. The van der Waals surface area contributed by atoms with Gasteiger partial charge in [0.25, 0.3) is 5.56 Å². The second-order valence-electron chi connectivity index (χ2n) is 7.52. The Morgan fingerprint density at radius 2 is 1.94 bits per heavy atom. The van der Waals surface area contributed by atoms with Crippen LogP contribution in [0.25, 0.3) is 22.1 Å². The summed E-state index contributed by atoms with van der Waals surface area (Å²) in [6, 6.07) is 19.0. The Morgan fingerprint density at radius 1 is 1.06 bits per heavy atom. The number of benzene rings is 3. The second kappa shape index (κ2) is 7.83. The third-order valence-corrected chi connectivity index (χ3v) is 6.43. The van der Waals surface area contributed by atoms with Gasteiger partial charge in [0.2, 0.25) is 6.79 Å². The maximum Gasteiger partial charge on any atom is 0.274 e. The van der Waals surface area contributed by atoms with Gasteiger partial charge in [-0.15, -0.1) is 0 Å². The molecule has 33 heavy (non-hydrogen) atoms. The lowest BCUT2D eigenvalue weighted by molar-refractivity contribution is 0.174. The third-order valence-electron chi connectivity index (χ3n) is 5.46. The largest absolute Gasteiger partial charge is 0.493 e. The third kappa shape index (κ3) is 3.44. The molecule has 0 saturated carbocycles. The lowest BCUT2D eigenvalue weighted by Gasteiger charge is -2.11. The van der Waals surface area contributed by atoms with Gasteiger partial charge in [-0.1, -0.05) is 35.6 Å². The number of fused-ring (bicyclic) bond motifs is 4. The van der Waals surface area contributed by atoms with Crippen molar-refractivity contribution in [2.24, 2.45) is 0 Å². The minimum Gasteiger partial charge on any atom is -0.493 e. The molecule has 0 unspecified atom stereocenters. The molecule has 1 aliphatic heterocycles. The van der Waals surface area contributed by atoms with Crippen LogP contribution in [0.4, 0.5) is 0 Å². The van der Waals surface area contributed by atoms with Crippen LogP contribution in [0, 0.1) is 0 Å². The zero-order valence-corrected chi connectivity index (χ0v) is 18.4. The first-order valence-electron chi connectivity index (χ1n) is 10.3. The minimum absolute atomic E-state index is 0.0780. The van der Waals surface area contributed by atoms with E-state index in [4.69, 9.17) is 18.9 Å². The summed E-state index contributed by atoms with van der Waals surface area (Å²) in [5.74, 6) is 2.66. The number of aromatic nitrogens is 2. The molecule has 0 aliphatic carbocycles. The van der Waals surface area contributed by atoms with E-state index in [1.807, 2.05) is 66.7 Å². The van der Waals surface area contributed by atoms with E-state index < -0.39 is 0 Å². The maximum atomic E-state index is 13.0. The summed E-state index contributed by atoms with van der Waals surface area (Å²) in [6.07, 6.45) is 1.85. The number of thiazole rings is 1. The summed E-state index contributed by atoms with van der Waals surface area (Å²) in [7, 11) is 1.59. The smallest absolute Gasteiger partial charge is 0.274 e. The monoisotopic (exact) mass is 458 g/mol. The summed E-state index contributed by atoms with van der Waals surface area (Å²) in [6.45, 7) is 0.596. The maximum absolute atomic E-state index is 13.0. The number of rotatable bonds is 5. The fourth-order valence-electron chi connectivity index (χ4n) is 3.85. The highest BCUT2D eigenvalue weighted by atomic mass is 32.1. The van der Waals surface area contributed by atoms with Crippen LogP contribution in [0.5, 0.6) is 23.0 Å². The van der Waals surface area contributed by atoms with E-state index in [0.29, 0.717) is 27.6 Å². The molecular weight excluding hydrogens is 440 g/mol. The molecule has 3 aromatic carbocycles. The Morgan fingerprint density at radius 3 is 2.85 bits per heavy atom. The van der Waals surface area contributed by atoms with E-state index in [-0.39, 0.29) is 12.4 Å². The van der Waals surface area contributed by atoms with Crippen molar-refractivity contribution in [3.63, 3.8) is 0 Å². The number of methoxy groups -OCH3 is 1. The highest BCUT2D eigenvalue weighted by Crippen LogP contribution is 2.34. The van der Waals surface area contributed by atoms with Gasteiger partial charge in [0, 0.05) is 0 Å². The predicted octanol–water partition coefficient (Wildman–Crippen LogP) is 3.77. The van der Waals surface area contributed by atoms with Crippen LogP contribution in [-0.4, -0.2) is 23.3 Å². The summed E-state index contributed by atoms with van der Waals surface area (Å²) >= 11 is 1.37. The van der Waals surface area contributed by atoms with Gasteiger partial charge in [0.15, 0.2) is 28.0 Å². The van der Waals surface area contributed by atoms with E-state index in [9.17, 15) is 4.79 Å². The number of nitrogens with zero attached hydrogens (tertiary/aromatic N) is 2. The van der Waals surface area contributed by atoms with E-state index in [1.165, 1.54) is 11.3 Å². The van der Waals surface area contributed by atoms with Gasteiger partial charge in [-0.2, -0.15) is 0 Å². The molecule has 0 atom stereocenters. The zero-order valence-electron chi connectivity index (χ0n) is 17.6. The Bertz CT molecular complexity index is 1620. The minimum atomic E-state index is -0.0780. The van der Waals surface area contributed by atoms with E-state index in [1.54, 1.807) is 11.5 Å². The van der Waals surface area contributed by atoms with Crippen molar-refractivity contribution in [2.75, 3.05) is 13.9 Å². The van der Waals surface area contributed by atoms with Crippen LogP contribution in [0.15, 0.2) is 65.5 Å². The van der Waals surface area contributed by atoms with Crippen LogP contribution >= 0.6 is 11.3 Å². The molecule has 3 heterocycles. The van der Waals surface area contributed by atoms with E-state index in [2.05, 4.69) is 4.98 Å². The topological polar surface area (TPSA) is 71.3 Å². The van der Waals surface area contributed by atoms with Crippen LogP contribution < -0.4 is 29.0 Å². The molecule has 6 rings (SSSR count). The van der Waals surface area contributed by atoms with Crippen molar-refractivity contribution in [3.8, 4) is 23.0 Å². The Labute approximate surface area is 192 Å². The molecule has 2 aromatic heterocycles. The standard InChI is InChI=1S/C25H18N2O5S/c1-29-21-10-15(6-8-19(21)30-13-16-7-9-20-22(11-16)32-14-31-20)12-23-24(28)27-18-5-3-2-4-17(18)26-25(27)33-23/h2-12H,13-14H2,1H3. The average Bonchev–Trinajstić information content (AvgIpc) is 3.53. The predicted molar refractivity (Wildman–Crippen MR) is 126 cm³/mol. The van der Waals surface area contributed by atoms with Gasteiger partial charge in [-0.25, -0.2) is 9.38 Å². The molecular formula is C25H18N2O5S. The fraction of sp³-hybridized carbons (Fsp3) is 0.120. The first kappa shape index (κ1) is 19.6. The lowest BCUT2D eigenvalue weighted by Crippen LogP contribution is -2.22. The normalized spacial score (nSPS) is 13.2. The molecule has 7 nitrogen and oxygen atoms in total. The SMILES string of the molecule is COc1cc(C=c2sc3nc4ccccc4n3c2=O)ccc1OCc1ccc2c(c1)OCO2. The van der Waals surface area contributed by atoms with Gasteiger partial charge in [-0.05, 0) is 53.6 Å². The molecule has 164 valence electrons. The Kier molecular flexibility index (Phi) is 4.66. The molecule has 0 saturated heterocycles. The van der Waals surface area contributed by atoms with Crippen molar-refractivity contribution in [1.29, 1.82) is 0 Å². The number of para-hydroxylation sites is 2. The zero-order chi connectivity index (χ0) is 22.4. The summed E-state index contributed by atoms with van der Waals surface area (Å²) in [5.41, 5.74) is 3.36. The summed E-state index contributed by atoms with van der Waals surface area (Å²) in [5, 5.41) is 0. The molecule has 0 radical (unpaired) electrons. The van der Waals surface area contributed by atoms with Gasteiger partial charge in [-0.3, -0.25) is 4.79 Å². The number of hydrogen-bond donors (Lipinski definition) is 0. The summed E-state index contributed by atoms with van der Waals surface area (Å²) < 4.78 is 24.5. The quantitative estimate of drug-likeness (QED) is 0.399. The van der Waals surface area contributed by atoms with Crippen molar-refractivity contribution >= 4 is 33.4 Å². The van der Waals surface area contributed by atoms with E-state index in [0.717, 1.165) is 33.7 Å². The summed E-state index contributed by atoms with van der Waals surface area (Å²) in [4.78, 5) is 18.2. The lowest BCUT2D eigenvalue weighted by atomic mass is 10.2. The first-order valence-corrected chi connectivity index (χ1v) is 11.1. The molecule has 0 N–H and O–H groups in total. The van der Waals surface area contributed by atoms with Gasteiger partial charge in [0.05, 0.1) is 22.7 Å². The molecule has 0 bridgehead atoms. The van der Waals surface area contributed by atoms with Crippen molar-refractivity contribution in [1.82, 2.24) is 9.38 Å². The number of imidazole rings is 1. The van der Waals surface area contributed by atoms with E-state index >= 15 is 0 Å². The average molecular weight is 458 g/mol. The number of ether oxygens (including phenoxy) is 4. The van der Waals surface area contributed by atoms with Crippen LogP contribution in [0.3, 0.4) is 0 Å².